The van der Waals surface area contributed by atoms with Crippen LogP contribution in [0.15, 0.2) is 46.9 Å². The molecule has 0 spiro atoms. The summed E-state index contributed by atoms with van der Waals surface area (Å²) in [6.45, 7) is 2.72. The fourth-order valence-corrected chi connectivity index (χ4v) is 2.13. The van der Waals surface area contributed by atoms with Crippen LogP contribution in [0.1, 0.15) is 23.7 Å². The van der Waals surface area contributed by atoms with Gasteiger partial charge in [0.2, 0.25) is 0 Å². The molecule has 2 aromatic carbocycles. The van der Waals surface area contributed by atoms with Gasteiger partial charge in [-0.05, 0) is 64.8 Å². The number of benzene rings is 2. The van der Waals surface area contributed by atoms with Crippen LogP contribution in [0.2, 0.25) is 5.02 Å². The number of hydrogen-bond donors (Lipinski definition) is 1. The van der Waals surface area contributed by atoms with Crippen LogP contribution in [0.3, 0.4) is 0 Å². The largest absolute Gasteiger partial charge is 0.494 e. The Morgan fingerprint density at radius 1 is 1.24 bits per heavy atom. The molecule has 1 amide bonds. The number of carbonyl (C=O) groups is 1. The van der Waals surface area contributed by atoms with Gasteiger partial charge in [-0.3, -0.25) is 4.79 Å². The molecule has 0 unspecified atom stereocenters. The standard InChI is InChI=1S/C16H15BrClNO2/c1-2-9-21-13-6-3-11(4-7-13)16(20)19-12-5-8-14(17)15(18)10-12/h3-8,10H,2,9H2,1H3,(H,19,20). The molecule has 2 rings (SSSR count). The maximum Gasteiger partial charge on any atom is 0.255 e. The highest BCUT2D eigenvalue weighted by Crippen LogP contribution is 2.25. The third-order valence-corrected chi connectivity index (χ3v) is 4.00. The highest BCUT2D eigenvalue weighted by atomic mass is 79.9. The lowest BCUT2D eigenvalue weighted by Gasteiger charge is -2.08. The van der Waals surface area contributed by atoms with Crippen molar-refractivity contribution >= 4 is 39.1 Å². The maximum absolute atomic E-state index is 12.1. The third-order valence-electron chi connectivity index (χ3n) is 2.77. The van der Waals surface area contributed by atoms with Gasteiger partial charge in [0.1, 0.15) is 5.75 Å². The van der Waals surface area contributed by atoms with Gasteiger partial charge >= 0.3 is 0 Å². The van der Waals surface area contributed by atoms with E-state index in [0.717, 1.165) is 16.6 Å². The van der Waals surface area contributed by atoms with Gasteiger partial charge in [-0.2, -0.15) is 0 Å². The molecule has 0 saturated carbocycles. The van der Waals surface area contributed by atoms with Crippen LogP contribution >= 0.6 is 27.5 Å². The zero-order chi connectivity index (χ0) is 15.2. The predicted molar refractivity (Wildman–Crippen MR) is 89.3 cm³/mol. The zero-order valence-electron chi connectivity index (χ0n) is 11.5. The van der Waals surface area contributed by atoms with E-state index >= 15 is 0 Å². The summed E-state index contributed by atoms with van der Waals surface area (Å²) >= 11 is 9.31. The van der Waals surface area contributed by atoms with Gasteiger partial charge in [-0.1, -0.05) is 18.5 Å². The summed E-state index contributed by atoms with van der Waals surface area (Å²) in [4.78, 5) is 12.1. The molecule has 110 valence electrons. The molecule has 0 heterocycles. The average Bonchev–Trinajstić information content (AvgIpc) is 2.49. The van der Waals surface area contributed by atoms with Crippen molar-refractivity contribution in [3.05, 3.63) is 57.5 Å². The molecule has 0 aromatic heterocycles. The van der Waals surface area contributed by atoms with E-state index in [1.807, 2.05) is 6.92 Å². The van der Waals surface area contributed by atoms with Crippen LogP contribution in [0.4, 0.5) is 5.69 Å². The van der Waals surface area contributed by atoms with Crippen molar-refractivity contribution < 1.29 is 9.53 Å². The number of halogens is 2. The maximum atomic E-state index is 12.1. The first kappa shape index (κ1) is 15.9. The second-order valence-electron chi connectivity index (χ2n) is 4.46. The van der Waals surface area contributed by atoms with E-state index in [1.165, 1.54) is 0 Å². The van der Waals surface area contributed by atoms with Crippen LogP contribution < -0.4 is 10.1 Å². The van der Waals surface area contributed by atoms with Gasteiger partial charge in [0.05, 0.1) is 11.6 Å². The topological polar surface area (TPSA) is 38.3 Å². The van der Waals surface area contributed by atoms with Crippen LogP contribution in [-0.4, -0.2) is 12.5 Å². The number of carbonyl (C=O) groups excluding carboxylic acids is 1. The van der Waals surface area contributed by atoms with E-state index in [2.05, 4.69) is 21.2 Å². The smallest absolute Gasteiger partial charge is 0.255 e. The van der Waals surface area contributed by atoms with Gasteiger partial charge in [-0.15, -0.1) is 0 Å². The predicted octanol–water partition coefficient (Wildman–Crippen LogP) is 5.14. The molecule has 0 bridgehead atoms. The van der Waals surface area contributed by atoms with Crippen molar-refractivity contribution in [1.29, 1.82) is 0 Å². The second-order valence-corrected chi connectivity index (χ2v) is 5.72. The monoisotopic (exact) mass is 367 g/mol. The molecule has 3 nitrogen and oxygen atoms in total. The molecular weight excluding hydrogens is 354 g/mol. The Morgan fingerprint density at radius 3 is 2.57 bits per heavy atom. The van der Waals surface area contributed by atoms with Gasteiger partial charge in [-0.25, -0.2) is 0 Å². The lowest BCUT2D eigenvalue weighted by Crippen LogP contribution is -2.11. The lowest BCUT2D eigenvalue weighted by atomic mass is 10.2. The number of hydrogen-bond acceptors (Lipinski definition) is 2. The Balaban J connectivity index is 2.04. The number of ether oxygens (including phenoxy) is 1. The lowest BCUT2D eigenvalue weighted by molar-refractivity contribution is 0.102. The molecule has 0 aliphatic heterocycles. The van der Waals surface area contributed by atoms with Crippen molar-refractivity contribution in [2.75, 3.05) is 11.9 Å². The highest BCUT2D eigenvalue weighted by Gasteiger charge is 2.07. The van der Waals surface area contributed by atoms with Crippen molar-refractivity contribution in [3.8, 4) is 5.75 Å². The summed E-state index contributed by atoms with van der Waals surface area (Å²) in [7, 11) is 0. The molecule has 0 aliphatic rings. The van der Waals surface area contributed by atoms with E-state index in [4.69, 9.17) is 16.3 Å². The van der Waals surface area contributed by atoms with Crippen LogP contribution in [0, 0.1) is 0 Å². The third kappa shape index (κ3) is 4.48. The Hall–Kier alpha value is -1.52. The Labute approximate surface area is 137 Å². The van der Waals surface area contributed by atoms with E-state index in [-0.39, 0.29) is 5.91 Å². The first-order chi connectivity index (χ1) is 10.1. The quantitative estimate of drug-likeness (QED) is 0.793. The van der Waals surface area contributed by atoms with Gasteiger partial charge in [0.25, 0.3) is 5.91 Å². The van der Waals surface area contributed by atoms with Gasteiger partial charge < -0.3 is 10.1 Å². The zero-order valence-corrected chi connectivity index (χ0v) is 13.9. The Morgan fingerprint density at radius 2 is 1.95 bits per heavy atom. The molecule has 0 radical (unpaired) electrons. The van der Waals surface area contributed by atoms with Crippen LogP contribution in [0.5, 0.6) is 5.75 Å². The van der Waals surface area contributed by atoms with Crippen LogP contribution in [0.25, 0.3) is 0 Å². The molecule has 0 saturated heterocycles. The number of nitrogens with one attached hydrogen (secondary N) is 1. The average molecular weight is 369 g/mol. The molecular formula is C16H15BrClNO2. The van der Waals surface area contributed by atoms with Crippen molar-refractivity contribution in [3.63, 3.8) is 0 Å². The van der Waals surface area contributed by atoms with E-state index < -0.39 is 0 Å². The first-order valence-electron chi connectivity index (χ1n) is 6.59. The van der Waals surface area contributed by atoms with E-state index in [1.54, 1.807) is 42.5 Å². The minimum atomic E-state index is -0.185. The van der Waals surface area contributed by atoms with Crippen LogP contribution in [-0.2, 0) is 0 Å². The number of rotatable bonds is 5. The molecule has 1 N–H and O–H groups in total. The summed E-state index contributed by atoms with van der Waals surface area (Å²) in [5.74, 6) is 0.579. The minimum Gasteiger partial charge on any atom is -0.494 e. The molecule has 0 atom stereocenters. The minimum absolute atomic E-state index is 0.185. The van der Waals surface area contributed by atoms with Gasteiger partial charge in [0.15, 0.2) is 0 Å². The first-order valence-corrected chi connectivity index (χ1v) is 7.76. The summed E-state index contributed by atoms with van der Waals surface area (Å²) in [5, 5.41) is 3.36. The van der Waals surface area contributed by atoms with E-state index in [0.29, 0.717) is 22.9 Å². The van der Waals surface area contributed by atoms with Gasteiger partial charge in [0, 0.05) is 15.7 Å². The summed E-state index contributed by atoms with van der Waals surface area (Å²) < 4.78 is 6.27. The number of anilines is 1. The summed E-state index contributed by atoms with van der Waals surface area (Å²) in [6.07, 6.45) is 0.951. The van der Waals surface area contributed by atoms with Crippen molar-refractivity contribution in [2.45, 2.75) is 13.3 Å². The molecule has 2 aromatic rings. The normalized spacial score (nSPS) is 10.2. The summed E-state index contributed by atoms with van der Waals surface area (Å²) in [6, 6.07) is 12.3. The number of amides is 1. The fourth-order valence-electron chi connectivity index (χ4n) is 1.70. The van der Waals surface area contributed by atoms with E-state index in [9.17, 15) is 4.79 Å². The SMILES string of the molecule is CCCOc1ccc(C(=O)Nc2ccc(Br)c(Cl)c2)cc1. The van der Waals surface area contributed by atoms with Crippen molar-refractivity contribution in [2.24, 2.45) is 0 Å². The molecule has 5 heteroatoms. The second kappa shape index (κ2) is 7.48. The fraction of sp³-hybridized carbons (Fsp3) is 0.188. The highest BCUT2D eigenvalue weighted by molar-refractivity contribution is 9.10. The molecule has 0 fully saturated rings. The van der Waals surface area contributed by atoms with Crippen molar-refractivity contribution in [1.82, 2.24) is 0 Å². The Bertz CT molecular complexity index is 629. The Kier molecular flexibility index (Phi) is 5.65. The molecule has 0 aliphatic carbocycles. The summed E-state index contributed by atoms with van der Waals surface area (Å²) in [5.41, 5.74) is 1.22. The molecule has 21 heavy (non-hydrogen) atoms.